The molecule has 21 heavy (non-hydrogen) atoms. The summed E-state index contributed by atoms with van der Waals surface area (Å²) in [7, 11) is 0. The summed E-state index contributed by atoms with van der Waals surface area (Å²) in [5.41, 5.74) is 1.58. The third-order valence-electron chi connectivity index (χ3n) is 3.35. The van der Waals surface area contributed by atoms with Crippen LogP contribution < -0.4 is 5.32 Å². The average Bonchev–Trinajstić information content (AvgIpc) is 2.45. The molecule has 1 saturated heterocycles. The summed E-state index contributed by atoms with van der Waals surface area (Å²) in [5, 5.41) is 3.13. The van der Waals surface area contributed by atoms with E-state index in [-0.39, 0.29) is 11.9 Å². The number of hydrogen-bond donors (Lipinski definition) is 1. The van der Waals surface area contributed by atoms with Crippen LogP contribution in [0.25, 0.3) is 0 Å². The number of ether oxygens (including phenoxy) is 1. The van der Waals surface area contributed by atoms with E-state index in [2.05, 4.69) is 21.2 Å². The van der Waals surface area contributed by atoms with Gasteiger partial charge in [0, 0.05) is 29.7 Å². The molecule has 1 aliphatic rings. The summed E-state index contributed by atoms with van der Waals surface area (Å²) >= 11 is 3.40. The Hall–Kier alpha value is -1.40. The second kappa shape index (κ2) is 7.04. The molecule has 0 aromatic heterocycles. The van der Waals surface area contributed by atoms with Crippen LogP contribution in [0.1, 0.15) is 22.8 Å². The van der Waals surface area contributed by atoms with Gasteiger partial charge in [0.1, 0.15) is 6.04 Å². The summed E-state index contributed by atoms with van der Waals surface area (Å²) in [6.07, 6.45) is 0. The van der Waals surface area contributed by atoms with E-state index in [4.69, 9.17) is 4.74 Å². The lowest BCUT2D eigenvalue weighted by atomic mass is 10.1. The molecular formula is C15H19BrN2O3. The molecule has 1 unspecified atom stereocenters. The summed E-state index contributed by atoms with van der Waals surface area (Å²) in [4.78, 5) is 26.3. The molecule has 2 rings (SSSR count). The van der Waals surface area contributed by atoms with Crippen LogP contribution in [0.5, 0.6) is 0 Å². The zero-order chi connectivity index (χ0) is 15.4. The van der Waals surface area contributed by atoms with Crippen molar-refractivity contribution in [1.82, 2.24) is 10.2 Å². The van der Waals surface area contributed by atoms with Gasteiger partial charge in [0.05, 0.1) is 6.61 Å². The largest absolute Gasteiger partial charge is 0.464 e. The highest BCUT2D eigenvalue weighted by atomic mass is 79.9. The highest BCUT2D eigenvalue weighted by Gasteiger charge is 2.33. The van der Waals surface area contributed by atoms with Crippen LogP contribution in [0.3, 0.4) is 0 Å². The van der Waals surface area contributed by atoms with E-state index in [1.165, 1.54) is 0 Å². The van der Waals surface area contributed by atoms with Crippen LogP contribution in [0.15, 0.2) is 22.7 Å². The normalized spacial score (nSPS) is 18.4. The molecule has 6 heteroatoms. The van der Waals surface area contributed by atoms with Gasteiger partial charge >= 0.3 is 5.97 Å². The molecule has 0 bridgehead atoms. The standard InChI is InChI=1S/C15H19BrN2O3/c1-3-21-15(20)13-9-17-4-5-18(13)14(19)11-6-10(2)7-12(16)8-11/h6-8,13,17H,3-5,9H2,1-2H3. The molecule has 0 saturated carbocycles. The Morgan fingerprint density at radius 3 is 2.86 bits per heavy atom. The van der Waals surface area contributed by atoms with Crippen molar-refractivity contribution >= 4 is 27.8 Å². The lowest BCUT2D eigenvalue weighted by Crippen LogP contribution is -2.57. The van der Waals surface area contributed by atoms with Crippen molar-refractivity contribution in [2.24, 2.45) is 0 Å². The number of esters is 1. The van der Waals surface area contributed by atoms with E-state index in [0.29, 0.717) is 31.8 Å². The molecule has 1 aromatic rings. The number of rotatable bonds is 3. The minimum absolute atomic E-state index is 0.140. The molecule has 0 spiro atoms. The van der Waals surface area contributed by atoms with Crippen molar-refractivity contribution in [3.05, 3.63) is 33.8 Å². The number of halogens is 1. The lowest BCUT2D eigenvalue weighted by molar-refractivity contribution is -0.149. The molecule has 114 valence electrons. The van der Waals surface area contributed by atoms with E-state index < -0.39 is 6.04 Å². The number of nitrogens with zero attached hydrogens (tertiary/aromatic N) is 1. The van der Waals surface area contributed by atoms with Crippen LogP contribution >= 0.6 is 15.9 Å². The number of nitrogens with one attached hydrogen (secondary N) is 1. The van der Waals surface area contributed by atoms with Crippen LogP contribution in [0, 0.1) is 6.92 Å². The first-order valence-corrected chi connectivity index (χ1v) is 7.77. The van der Waals surface area contributed by atoms with E-state index in [9.17, 15) is 9.59 Å². The van der Waals surface area contributed by atoms with Crippen molar-refractivity contribution in [3.8, 4) is 0 Å². The molecule has 1 heterocycles. The van der Waals surface area contributed by atoms with Crippen molar-refractivity contribution in [2.45, 2.75) is 19.9 Å². The van der Waals surface area contributed by atoms with Gasteiger partial charge in [-0.15, -0.1) is 0 Å². The highest BCUT2D eigenvalue weighted by Crippen LogP contribution is 2.18. The molecule has 1 aromatic carbocycles. The van der Waals surface area contributed by atoms with Crippen LogP contribution in [-0.2, 0) is 9.53 Å². The topological polar surface area (TPSA) is 58.6 Å². The summed E-state index contributed by atoms with van der Waals surface area (Å²) < 4.78 is 5.92. The Morgan fingerprint density at radius 1 is 1.43 bits per heavy atom. The number of piperazine rings is 1. The fourth-order valence-corrected chi connectivity index (χ4v) is 3.03. The number of hydrogen-bond acceptors (Lipinski definition) is 4. The molecule has 0 radical (unpaired) electrons. The SMILES string of the molecule is CCOC(=O)C1CNCCN1C(=O)c1cc(C)cc(Br)c1. The van der Waals surface area contributed by atoms with E-state index in [1.807, 2.05) is 19.1 Å². The molecule has 1 amide bonds. The van der Waals surface area contributed by atoms with E-state index in [1.54, 1.807) is 17.9 Å². The van der Waals surface area contributed by atoms with Crippen LogP contribution in [-0.4, -0.2) is 49.1 Å². The Kier molecular flexibility index (Phi) is 5.36. The van der Waals surface area contributed by atoms with E-state index in [0.717, 1.165) is 10.0 Å². The first-order chi connectivity index (χ1) is 10.0. The average molecular weight is 355 g/mol. The maximum Gasteiger partial charge on any atom is 0.330 e. The smallest absolute Gasteiger partial charge is 0.330 e. The fourth-order valence-electron chi connectivity index (χ4n) is 2.42. The van der Waals surface area contributed by atoms with Crippen LogP contribution in [0.2, 0.25) is 0 Å². The molecule has 0 aliphatic carbocycles. The maximum absolute atomic E-state index is 12.7. The summed E-state index contributed by atoms with van der Waals surface area (Å²) in [6.45, 7) is 5.60. The molecule has 1 atom stereocenters. The molecular weight excluding hydrogens is 336 g/mol. The maximum atomic E-state index is 12.7. The van der Waals surface area contributed by atoms with Crippen molar-refractivity contribution in [2.75, 3.05) is 26.2 Å². The molecule has 1 fully saturated rings. The second-order valence-corrected chi connectivity index (χ2v) is 5.90. The summed E-state index contributed by atoms with van der Waals surface area (Å²) in [5.74, 6) is -0.497. The Balaban J connectivity index is 2.24. The van der Waals surface area contributed by atoms with Gasteiger partial charge in [-0.1, -0.05) is 15.9 Å². The molecule has 1 N–H and O–H groups in total. The second-order valence-electron chi connectivity index (χ2n) is 4.99. The van der Waals surface area contributed by atoms with Gasteiger partial charge < -0.3 is 15.0 Å². The fraction of sp³-hybridized carbons (Fsp3) is 0.467. The van der Waals surface area contributed by atoms with Crippen LogP contribution in [0.4, 0.5) is 0 Å². The van der Waals surface area contributed by atoms with Gasteiger partial charge in [-0.3, -0.25) is 4.79 Å². The van der Waals surface area contributed by atoms with Crippen molar-refractivity contribution in [1.29, 1.82) is 0 Å². The first-order valence-electron chi connectivity index (χ1n) is 6.98. The lowest BCUT2D eigenvalue weighted by Gasteiger charge is -2.34. The van der Waals surface area contributed by atoms with Gasteiger partial charge in [-0.05, 0) is 37.6 Å². The van der Waals surface area contributed by atoms with Gasteiger partial charge in [0.15, 0.2) is 0 Å². The van der Waals surface area contributed by atoms with Gasteiger partial charge in [-0.2, -0.15) is 0 Å². The zero-order valence-corrected chi connectivity index (χ0v) is 13.8. The number of aryl methyl sites for hydroxylation is 1. The highest BCUT2D eigenvalue weighted by molar-refractivity contribution is 9.10. The first kappa shape index (κ1) is 16.0. The number of carbonyl (C=O) groups is 2. The minimum Gasteiger partial charge on any atom is -0.464 e. The summed E-state index contributed by atoms with van der Waals surface area (Å²) in [6, 6.07) is 4.99. The molecule has 5 nitrogen and oxygen atoms in total. The Labute approximate surface area is 132 Å². The van der Waals surface area contributed by atoms with Crippen molar-refractivity contribution < 1.29 is 14.3 Å². The van der Waals surface area contributed by atoms with Gasteiger partial charge in [0.25, 0.3) is 5.91 Å². The Bertz CT molecular complexity index is 527. The minimum atomic E-state index is -0.564. The number of benzene rings is 1. The quantitative estimate of drug-likeness (QED) is 0.840. The van der Waals surface area contributed by atoms with Gasteiger partial charge in [-0.25, -0.2) is 4.79 Å². The predicted molar refractivity (Wildman–Crippen MR) is 83.2 cm³/mol. The third-order valence-corrected chi connectivity index (χ3v) is 3.81. The number of carbonyl (C=O) groups excluding carboxylic acids is 2. The molecule has 1 aliphatic heterocycles. The van der Waals surface area contributed by atoms with E-state index >= 15 is 0 Å². The Morgan fingerprint density at radius 2 is 2.19 bits per heavy atom. The monoisotopic (exact) mass is 354 g/mol. The van der Waals surface area contributed by atoms with Gasteiger partial charge in [0.2, 0.25) is 0 Å². The number of amides is 1. The zero-order valence-electron chi connectivity index (χ0n) is 12.2. The van der Waals surface area contributed by atoms with Crippen molar-refractivity contribution in [3.63, 3.8) is 0 Å². The predicted octanol–water partition coefficient (Wildman–Crippen LogP) is 1.73. The third kappa shape index (κ3) is 3.83.